The van der Waals surface area contributed by atoms with Gasteiger partial charge in [-0.3, -0.25) is 4.79 Å². The van der Waals surface area contributed by atoms with Crippen LogP contribution in [0.2, 0.25) is 0 Å². The second-order valence-corrected chi connectivity index (χ2v) is 5.15. The van der Waals surface area contributed by atoms with Crippen LogP contribution >= 0.6 is 0 Å². The lowest BCUT2D eigenvalue weighted by Gasteiger charge is -2.11. The van der Waals surface area contributed by atoms with Gasteiger partial charge in [0.05, 0.1) is 6.10 Å². The molecule has 0 saturated heterocycles. The molecule has 4 heteroatoms. The Labute approximate surface area is 124 Å². The van der Waals surface area contributed by atoms with E-state index in [1.165, 1.54) is 6.07 Å². The van der Waals surface area contributed by atoms with Gasteiger partial charge in [-0.15, -0.1) is 0 Å². The normalized spacial score (nSPS) is 10.5. The van der Waals surface area contributed by atoms with Crippen molar-refractivity contribution in [3.05, 3.63) is 53.6 Å². The van der Waals surface area contributed by atoms with E-state index in [0.717, 1.165) is 11.3 Å². The largest absolute Gasteiger partial charge is 0.508 e. The minimum Gasteiger partial charge on any atom is -0.508 e. The molecule has 0 aliphatic heterocycles. The minimum atomic E-state index is -0.261. The van der Waals surface area contributed by atoms with Gasteiger partial charge in [0.2, 0.25) is 0 Å². The van der Waals surface area contributed by atoms with Gasteiger partial charge in [0.15, 0.2) is 0 Å². The number of carbonyl (C=O) groups excluding carboxylic acids is 1. The molecule has 0 fully saturated rings. The third kappa shape index (κ3) is 3.99. The summed E-state index contributed by atoms with van der Waals surface area (Å²) < 4.78 is 5.54. The standard InChI is InChI=1S/C17H19NO3/c1-11(2)21-15-8-6-14(7-9-15)18-17(20)13-5-4-12(3)16(19)10-13/h4-11,19H,1-3H3,(H,18,20). The number of anilines is 1. The van der Waals surface area contributed by atoms with E-state index in [1.807, 2.05) is 26.0 Å². The van der Waals surface area contributed by atoms with Crippen molar-refractivity contribution in [3.63, 3.8) is 0 Å². The lowest BCUT2D eigenvalue weighted by atomic mass is 10.1. The number of carbonyl (C=O) groups is 1. The molecule has 110 valence electrons. The Bertz CT molecular complexity index is 633. The molecule has 0 aliphatic carbocycles. The van der Waals surface area contributed by atoms with Crippen LogP contribution < -0.4 is 10.1 Å². The molecule has 2 N–H and O–H groups in total. The Morgan fingerprint density at radius 1 is 1.14 bits per heavy atom. The fourth-order valence-corrected chi connectivity index (χ4v) is 1.84. The smallest absolute Gasteiger partial charge is 0.255 e. The number of phenolic OH excluding ortho intramolecular Hbond substituents is 1. The zero-order valence-corrected chi connectivity index (χ0v) is 12.4. The summed E-state index contributed by atoms with van der Waals surface area (Å²) in [5.74, 6) is 0.613. The molecule has 2 rings (SSSR count). The van der Waals surface area contributed by atoms with Crippen molar-refractivity contribution in [2.75, 3.05) is 5.32 Å². The summed E-state index contributed by atoms with van der Waals surface area (Å²) in [7, 11) is 0. The van der Waals surface area contributed by atoms with Crippen LogP contribution in [0, 0.1) is 6.92 Å². The SMILES string of the molecule is Cc1ccc(C(=O)Nc2ccc(OC(C)C)cc2)cc1O. The number of amides is 1. The van der Waals surface area contributed by atoms with E-state index >= 15 is 0 Å². The maximum absolute atomic E-state index is 12.1. The average Bonchev–Trinajstić information content (AvgIpc) is 2.43. The van der Waals surface area contributed by atoms with Gasteiger partial charge in [-0.25, -0.2) is 0 Å². The molecule has 0 heterocycles. The quantitative estimate of drug-likeness (QED) is 0.899. The summed E-state index contributed by atoms with van der Waals surface area (Å²) in [5, 5.41) is 12.4. The molecule has 0 atom stereocenters. The van der Waals surface area contributed by atoms with Crippen molar-refractivity contribution >= 4 is 11.6 Å². The molecule has 0 unspecified atom stereocenters. The number of aromatic hydroxyl groups is 1. The molecule has 1 amide bonds. The number of hydrogen-bond donors (Lipinski definition) is 2. The van der Waals surface area contributed by atoms with Crippen molar-refractivity contribution in [1.29, 1.82) is 0 Å². The van der Waals surface area contributed by atoms with Crippen molar-refractivity contribution in [2.24, 2.45) is 0 Å². The van der Waals surface area contributed by atoms with E-state index < -0.39 is 0 Å². The molecule has 2 aromatic rings. The predicted octanol–water partition coefficient (Wildman–Crippen LogP) is 3.74. The first-order chi connectivity index (χ1) is 9.95. The van der Waals surface area contributed by atoms with Gasteiger partial charge in [0, 0.05) is 11.3 Å². The molecule has 0 spiro atoms. The highest BCUT2D eigenvalue weighted by atomic mass is 16.5. The number of ether oxygens (including phenoxy) is 1. The average molecular weight is 285 g/mol. The molecule has 4 nitrogen and oxygen atoms in total. The van der Waals surface area contributed by atoms with Crippen LogP contribution in [0.5, 0.6) is 11.5 Å². The number of nitrogens with one attached hydrogen (secondary N) is 1. The Hall–Kier alpha value is -2.49. The van der Waals surface area contributed by atoms with Crippen LogP contribution in [0.25, 0.3) is 0 Å². The number of benzene rings is 2. The molecule has 21 heavy (non-hydrogen) atoms. The van der Waals surface area contributed by atoms with Crippen molar-refractivity contribution in [2.45, 2.75) is 26.9 Å². The number of hydrogen-bond acceptors (Lipinski definition) is 3. The van der Waals surface area contributed by atoms with E-state index in [4.69, 9.17) is 4.74 Å². The van der Waals surface area contributed by atoms with Crippen LogP contribution in [0.15, 0.2) is 42.5 Å². The zero-order chi connectivity index (χ0) is 15.4. The van der Waals surface area contributed by atoms with Crippen molar-refractivity contribution in [1.82, 2.24) is 0 Å². The van der Waals surface area contributed by atoms with Crippen LogP contribution in [0.3, 0.4) is 0 Å². The van der Waals surface area contributed by atoms with Gasteiger partial charge in [-0.2, -0.15) is 0 Å². The number of phenols is 1. The van der Waals surface area contributed by atoms with Gasteiger partial charge >= 0.3 is 0 Å². The Morgan fingerprint density at radius 2 is 1.81 bits per heavy atom. The van der Waals surface area contributed by atoms with E-state index in [2.05, 4.69) is 5.32 Å². The van der Waals surface area contributed by atoms with Gasteiger partial charge in [-0.1, -0.05) is 6.07 Å². The summed E-state index contributed by atoms with van der Waals surface area (Å²) in [6, 6.07) is 12.0. The molecule has 2 aromatic carbocycles. The van der Waals surface area contributed by atoms with E-state index in [-0.39, 0.29) is 17.8 Å². The third-order valence-corrected chi connectivity index (χ3v) is 2.96. The van der Waals surface area contributed by atoms with E-state index in [0.29, 0.717) is 11.3 Å². The summed E-state index contributed by atoms with van der Waals surface area (Å²) in [4.78, 5) is 12.1. The van der Waals surface area contributed by atoms with E-state index in [9.17, 15) is 9.90 Å². The second-order valence-electron chi connectivity index (χ2n) is 5.15. The predicted molar refractivity (Wildman–Crippen MR) is 83.0 cm³/mol. The molecule has 0 aliphatic rings. The topological polar surface area (TPSA) is 58.6 Å². The lowest BCUT2D eigenvalue weighted by Crippen LogP contribution is -2.12. The summed E-state index contributed by atoms with van der Waals surface area (Å²) in [6.45, 7) is 5.70. The van der Waals surface area contributed by atoms with Gasteiger partial charge in [0.25, 0.3) is 5.91 Å². The molecule has 0 aromatic heterocycles. The lowest BCUT2D eigenvalue weighted by molar-refractivity contribution is 0.102. The summed E-state index contributed by atoms with van der Waals surface area (Å²) >= 11 is 0. The fraction of sp³-hybridized carbons (Fsp3) is 0.235. The molecule has 0 saturated carbocycles. The Kier molecular flexibility index (Phi) is 4.48. The van der Waals surface area contributed by atoms with Gasteiger partial charge in [-0.05, 0) is 62.7 Å². The van der Waals surface area contributed by atoms with Crippen LogP contribution in [0.1, 0.15) is 29.8 Å². The Balaban J connectivity index is 2.06. The maximum atomic E-state index is 12.1. The fourth-order valence-electron chi connectivity index (χ4n) is 1.84. The van der Waals surface area contributed by atoms with E-state index in [1.54, 1.807) is 31.2 Å². The van der Waals surface area contributed by atoms with Crippen LogP contribution in [-0.4, -0.2) is 17.1 Å². The zero-order valence-electron chi connectivity index (χ0n) is 12.4. The second kappa shape index (κ2) is 6.31. The minimum absolute atomic E-state index is 0.112. The third-order valence-electron chi connectivity index (χ3n) is 2.96. The highest BCUT2D eigenvalue weighted by Crippen LogP contribution is 2.20. The monoisotopic (exact) mass is 285 g/mol. The molecular weight excluding hydrogens is 266 g/mol. The first-order valence-electron chi connectivity index (χ1n) is 6.83. The molecule has 0 bridgehead atoms. The van der Waals surface area contributed by atoms with Crippen LogP contribution in [0.4, 0.5) is 5.69 Å². The summed E-state index contributed by atoms with van der Waals surface area (Å²) in [6.07, 6.45) is 0.112. The van der Waals surface area contributed by atoms with Crippen molar-refractivity contribution < 1.29 is 14.6 Å². The molecule has 0 radical (unpaired) electrons. The highest BCUT2D eigenvalue weighted by Gasteiger charge is 2.08. The Morgan fingerprint density at radius 3 is 2.38 bits per heavy atom. The van der Waals surface area contributed by atoms with Gasteiger partial charge in [0.1, 0.15) is 11.5 Å². The molecular formula is C17H19NO3. The number of rotatable bonds is 4. The maximum Gasteiger partial charge on any atom is 0.255 e. The first-order valence-corrected chi connectivity index (χ1v) is 6.83. The highest BCUT2D eigenvalue weighted by molar-refractivity contribution is 6.04. The first kappa shape index (κ1) is 14.9. The van der Waals surface area contributed by atoms with Crippen molar-refractivity contribution in [3.8, 4) is 11.5 Å². The van der Waals surface area contributed by atoms with Gasteiger partial charge < -0.3 is 15.2 Å². The van der Waals surface area contributed by atoms with Crippen LogP contribution in [-0.2, 0) is 0 Å². The summed E-state index contributed by atoms with van der Waals surface area (Å²) in [5.41, 5.74) is 1.83. The number of aryl methyl sites for hydroxylation is 1.